The lowest BCUT2D eigenvalue weighted by Gasteiger charge is -2.44. The van der Waals surface area contributed by atoms with E-state index < -0.39 is 0 Å². The van der Waals surface area contributed by atoms with Gasteiger partial charge in [0.05, 0.1) is 12.6 Å². The van der Waals surface area contributed by atoms with Gasteiger partial charge in [-0.1, -0.05) is 48.0 Å². The molecule has 2 heterocycles. The van der Waals surface area contributed by atoms with E-state index in [9.17, 15) is 9.59 Å². The molecule has 0 aliphatic carbocycles. The lowest BCUT2D eigenvalue weighted by molar-refractivity contribution is -0.149. The largest absolute Gasteiger partial charge is 0.332 e. The average molecular weight is 383 g/mol. The normalized spacial score (nSPS) is 18.9. The highest BCUT2D eigenvalue weighted by molar-refractivity contribution is 6.30. The summed E-state index contributed by atoms with van der Waals surface area (Å²) in [6.45, 7) is 1.56. The smallest absolute Gasteiger partial charge is 0.242 e. The number of rotatable bonds is 4. The fourth-order valence-electron chi connectivity index (χ4n) is 4.12. The molecule has 140 valence electrons. The van der Waals surface area contributed by atoms with Crippen molar-refractivity contribution >= 4 is 23.4 Å². The van der Waals surface area contributed by atoms with Crippen LogP contribution in [0.4, 0.5) is 0 Å². The summed E-state index contributed by atoms with van der Waals surface area (Å²) in [5.74, 6) is 0.131. The number of hydrogen-bond acceptors (Lipinski definition) is 2. The van der Waals surface area contributed by atoms with Crippen LogP contribution in [0.1, 0.15) is 35.6 Å². The number of aryl methyl sites for hydroxylation is 1. The van der Waals surface area contributed by atoms with E-state index in [0.717, 1.165) is 30.8 Å². The highest BCUT2D eigenvalue weighted by atomic mass is 35.5. The second kappa shape index (κ2) is 7.73. The predicted octanol–water partition coefficient (Wildman–Crippen LogP) is 3.63. The second-order valence-corrected chi connectivity index (χ2v) is 7.74. The predicted molar refractivity (Wildman–Crippen MR) is 106 cm³/mol. The van der Waals surface area contributed by atoms with E-state index in [-0.39, 0.29) is 24.4 Å². The Labute approximate surface area is 164 Å². The summed E-state index contributed by atoms with van der Waals surface area (Å²) in [6, 6.07) is 16.0. The van der Waals surface area contributed by atoms with Crippen molar-refractivity contribution in [3.8, 4) is 0 Å². The van der Waals surface area contributed by atoms with E-state index in [0.29, 0.717) is 13.0 Å². The van der Waals surface area contributed by atoms with E-state index in [1.807, 2.05) is 41.3 Å². The maximum Gasteiger partial charge on any atom is 0.242 e. The molecule has 5 heteroatoms. The van der Waals surface area contributed by atoms with Crippen molar-refractivity contribution in [2.75, 3.05) is 19.6 Å². The average Bonchev–Trinajstić information content (AvgIpc) is 2.69. The third-order valence-electron chi connectivity index (χ3n) is 5.57. The minimum absolute atomic E-state index is 0.00332. The number of piperazine rings is 1. The van der Waals surface area contributed by atoms with Crippen LogP contribution in [0, 0.1) is 0 Å². The third-order valence-corrected chi connectivity index (χ3v) is 5.83. The van der Waals surface area contributed by atoms with Gasteiger partial charge in [0, 0.05) is 24.5 Å². The zero-order chi connectivity index (χ0) is 18.8. The van der Waals surface area contributed by atoms with Crippen LogP contribution >= 0.6 is 11.6 Å². The summed E-state index contributed by atoms with van der Waals surface area (Å²) in [6.07, 6.45) is 2.97. The maximum absolute atomic E-state index is 12.7. The lowest BCUT2D eigenvalue weighted by atomic mass is 9.90. The van der Waals surface area contributed by atoms with Crippen LogP contribution in [0.25, 0.3) is 0 Å². The topological polar surface area (TPSA) is 40.6 Å². The number of halogens is 1. The maximum atomic E-state index is 12.7. The van der Waals surface area contributed by atoms with Crippen molar-refractivity contribution in [2.45, 2.75) is 31.7 Å². The first-order chi connectivity index (χ1) is 13.1. The molecule has 1 unspecified atom stereocenters. The molecule has 0 radical (unpaired) electrons. The molecule has 0 aromatic heterocycles. The highest BCUT2D eigenvalue weighted by Crippen LogP contribution is 2.33. The van der Waals surface area contributed by atoms with Crippen molar-refractivity contribution in [1.29, 1.82) is 0 Å². The Morgan fingerprint density at radius 2 is 1.89 bits per heavy atom. The highest BCUT2D eigenvalue weighted by Gasteiger charge is 2.38. The number of hydrogen-bond donors (Lipinski definition) is 0. The summed E-state index contributed by atoms with van der Waals surface area (Å²) >= 11 is 5.91. The molecule has 0 N–H and O–H groups in total. The van der Waals surface area contributed by atoms with Crippen molar-refractivity contribution in [3.63, 3.8) is 0 Å². The van der Waals surface area contributed by atoms with Gasteiger partial charge in [0.25, 0.3) is 0 Å². The molecule has 2 aliphatic heterocycles. The van der Waals surface area contributed by atoms with Gasteiger partial charge in [-0.25, -0.2) is 0 Å². The number of nitrogens with zero attached hydrogens (tertiary/aromatic N) is 2. The van der Waals surface area contributed by atoms with Crippen LogP contribution < -0.4 is 0 Å². The Morgan fingerprint density at radius 1 is 1.11 bits per heavy atom. The fourth-order valence-corrected chi connectivity index (χ4v) is 4.24. The SMILES string of the molecule is O=C(CCCc1ccc(Cl)cc1)N1CC(=O)N2CCc3ccccc3C2C1. The van der Waals surface area contributed by atoms with Crippen molar-refractivity contribution in [2.24, 2.45) is 0 Å². The lowest BCUT2D eigenvalue weighted by Crippen LogP contribution is -2.55. The first kappa shape index (κ1) is 18.1. The fraction of sp³-hybridized carbons (Fsp3) is 0.364. The monoisotopic (exact) mass is 382 g/mol. The van der Waals surface area contributed by atoms with Gasteiger partial charge in [-0.3, -0.25) is 9.59 Å². The molecule has 1 saturated heterocycles. The van der Waals surface area contributed by atoms with Gasteiger partial charge >= 0.3 is 0 Å². The van der Waals surface area contributed by atoms with E-state index in [1.54, 1.807) is 4.90 Å². The molecule has 1 atom stereocenters. The zero-order valence-corrected chi connectivity index (χ0v) is 16.0. The Bertz CT molecular complexity index is 850. The first-order valence-corrected chi connectivity index (χ1v) is 9.89. The van der Waals surface area contributed by atoms with Gasteiger partial charge in [0.1, 0.15) is 0 Å². The van der Waals surface area contributed by atoms with Crippen LogP contribution in [0.3, 0.4) is 0 Å². The summed E-state index contributed by atoms with van der Waals surface area (Å²) in [7, 11) is 0. The number of carbonyl (C=O) groups excluding carboxylic acids is 2. The van der Waals surface area contributed by atoms with Gasteiger partial charge in [-0.15, -0.1) is 0 Å². The van der Waals surface area contributed by atoms with Crippen molar-refractivity contribution < 1.29 is 9.59 Å². The summed E-state index contributed by atoms with van der Waals surface area (Å²) in [5, 5.41) is 0.721. The zero-order valence-electron chi connectivity index (χ0n) is 15.2. The van der Waals surface area contributed by atoms with Gasteiger partial charge in [-0.05, 0) is 48.1 Å². The standard InChI is InChI=1S/C22H23ClN2O2/c23-18-10-8-16(9-11-18)4-3-7-21(26)24-14-20-19-6-2-1-5-17(19)12-13-25(20)22(27)15-24/h1-2,5-6,8-11,20H,3-4,7,12-15H2. The first-order valence-electron chi connectivity index (χ1n) is 9.51. The molecule has 27 heavy (non-hydrogen) atoms. The number of benzene rings is 2. The minimum Gasteiger partial charge on any atom is -0.332 e. The number of amides is 2. The Morgan fingerprint density at radius 3 is 2.70 bits per heavy atom. The van der Waals surface area contributed by atoms with E-state index >= 15 is 0 Å². The molecule has 0 saturated carbocycles. The molecule has 2 aliphatic rings. The van der Waals surface area contributed by atoms with Crippen molar-refractivity contribution in [3.05, 3.63) is 70.2 Å². The van der Waals surface area contributed by atoms with E-state index in [2.05, 4.69) is 12.1 Å². The van der Waals surface area contributed by atoms with Gasteiger partial charge in [0.2, 0.25) is 11.8 Å². The van der Waals surface area contributed by atoms with E-state index in [4.69, 9.17) is 11.6 Å². The summed E-state index contributed by atoms with van der Waals surface area (Å²) in [4.78, 5) is 29.0. The van der Waals surface area contributed by atoms with Gasteiger partial charge < -0.3 is 9.80 Å². The Hall–Kier alpha value is -2.33. The third kappa shape index (κ3) is 3.86. The molecule has 2 aromatic rings. The molecule has 0 spiro atoms. The summed E-state index contributed by atoms with van der Waals surface area (Å²) < 4.78 is 0. The molecular weight excluding hydrogens is 360 g/mol. The van der Waals surface area contributed by atoms with Crippen LogP contribution in [-0.4, -0.2) is 41.2 Å². The Balaban J connectivity index is 1.39. The Kier molecular flexibility index (Phi) is 5.17. The van der Waals surface area contributed by atoms with Gasteiger partial charge in [-0.2, -0.15) is 0 Å². The van der Waals surface area contributed by atoms with Crippen LogP contribution in [-0.2, 0) is 22.4 Å². The molecule has 2 aromatic carbocycles. The van der Waals surface area contributed by atoms with Crippen molar-refractivity contribution in [1.82, 2.24) is 9.80 Å². The van der Waals surface area contributed by atoms with Crippen LogP contribution in [0.15, 0.2) is 48.5 Å². The van der Waals surface area contributed by atoms with E-state index in [1.165, 1.54) is 16.7 Å². The quantitative estimate of drug-likeness (QED) is 0.810. The molecular formula is C22H23ClN2O2. The molecule has 4 rings (SSSR count). The van der Waals surface area contributed by atoms with Gasteiger partial charge in [0.15, 0.2) is 0 Å². The number of fused-ring (bicyclic) bond motifs is 3. The van der Waals surface area contributed by atoms with Crippen LogP contribution in [0.2, 0.25) is 5.02 Å². The minimum atomic E-state index is -0.00332. The molecule has 2 amide bonds. The number of carbonyl (C=O) groups is 2. The molecule has 1 fully saturated rings. The summed E-state index contributed by atoms with van der Waals surface area (Å²) in [5.41, 5.74) is 3.66. The molecule has 0 bridgehead atoms. The molecule has 4 nitrogen and oxygen atoms in total. The second-order valence-electron chi connectivity index (χ2n) is 7.31. The van der Waals surface area contributed by atoms with Crippen LogP contribution in [0.5, 0.6) is 0 Å².